The first-order valence-electron chi connectivity index (χ1n) is 5.68. The Morgan fingerprint density at radius 3 is 2.68 bits per heavy atom. The molecule has 0 saturated heterocycles. The maximum Gasteiger partial charge on any atom is 0.335 e. The highest BCUT2D eigenvalue weighted by atomic mass is 16.4. The van der Waals surface area contributed by atoms with Gasteiger partial charge in [-0.25, -0.2) is 9.59 Å². The molecule has 1 aromatic rings. The zero-order chi connectivity index (χ0) is 14.4. The van der Waals surface area contributed by atoms with Crippen LogP contribution in [0.2, 0.25) is 0 Å². The highest BCUT2D eigenvalue weighted by molar-refractivity contribution is 5.92. The fraction of sp³-hybridized carbons (Fsp3) is 0.308. The molecule has 2 N–H and O–H groups in total. The standard InChI is InChI=1S/C13H15N3O3/c1-9-8-10(4-5-11(9)12(17)18)15-13(19)16(2)7-3-6-14/h4-5,8H,3,7H2,1-2H3,(H,15,19)(H,17,18). The lowest BCUT2D eigenvalue weighted by Gasteiger charge is -2.16. The molecule has 0 radical (unpaired) electrons. The molecular weight excluding hydrogens is 246 g/mol. The molecule has 0 bridgehead atoms. The molecule has 0 aromatic heterocycles. The minimum absolute atomic E-state index is 0.204. The van der Waals surface area contributed by atoms with Crippen LogP contribution in [-0.2, 0) is 0 Å². The quantitative estimate of drug-likeness (QED) is 0.867. The van der Waals surface area contributed by atoms with Crippen LogP contribution in [0.25, 0.3) is 0 Å². The highest BCUT2D eigenvalue weighted by Gasteiger charge is 2.11. The number of hydrogen-bond donors (Lipinski definition) is 2. The number of aromatic carboxylic acids is 1. The Morgan fingerprint density at radius 1 is 1.47 bits per heavy atom. The minimum atomic E-state index is -0.999. The number of benzene rings is 1. The van der Waals surface area contributed by atoms with E-state index in [1.54, 1.807) is 20.0 Å². The summed E-state index contributed by atoms with van der Waals surface area (Å²) < 4.78 is 0. The summed E-state index contributed by atoms with van der Waals surface area (Å²) in [6.07, 6.45) is 0.265. The third-order valence-corrected chi connectivity index (χ3v) is 2.61. The van der Waals surface area contributed by atoms with Crippen LogP contribution in [0.15, 0.2) is 18.2 Å². The number of nitriles is 1. The van der Waals surface area contributed by atoms with Crippen molar-refractivity contribution in [3.63, 3.8) is 0 Å². The number of nitrogens with one attached hydrogen (secondary N) is 1. The lowest BCUT2D eigenvalue weighted by atomic mass is 10.1. The summed E-state index contributed by atoms with van der Waals surface area (Å²) in [5.41, 5.74) is 1.30. The lowest BCUT2D eigenvalue weighted by Crippen LogP contribution is -2.32. The Labute approximate surface area is 111 Å². The topological polar surface area (TPSA) is 93.4 Å². The number of carbonyl (C=O) groups is 2. The predicted molar refractivity (Wildman–Crippen MR) is 70.0 cm³/mol. The van der Waals surface area contributed by atoms with Crippen LogP contribution in [0.3, 0.4) is 0 Å². The van der Waals surface area contributed by atoms with Gasteiger partial charge in [-0.2, -0.15) is 5.26 Å². The largest absolute Gasteiger partial charge is 0.478 e. The van der Waals surface area contributed by atoms with Crippen LogP contribution in [0.1, 0.15) is 22.3 Å². The van der Waals surface area contributed by atoms with Crippen molar-refractivity contribution in [2.45, 2.75) is 13.3 Å². The Balaban J connectivity index is 2.73. The molecule has 0 aliphatic carbocycles. The molecule has 1 aromatic carbocycles. The Hall–Kier alpha value is -2.55. The first-order valence-corrected chi connectivity index (χ1v) is 5.68. The molecule has 6 nitrogen and oxygen atoms in total. The Morgan fingerprint density at radius 2 is 2.16 bits per heavy atom. The van der Waals surface area contributed by atoms with E-state index in [4.69, 9.17) is 10.4 Å². The summed E-state index contributed by atoms with van der Waals surface area (Å²) >= 11 is 0. The number of carboxylic acid groups (broad SMARTS) is 1. The first-order chi connectivity index (χ1) is 8.95. The van der Waals surface area contributed by atoms with Crippen LogP contribution in [-0.4, -0.2) is 35.6 Å². The van der Waals surface area contributed by atoms with Crippen molar-refractivity contribution in [2.24, 2.45) is 0 Å². The second-order valence-corrected chi connectivity index (χ2v) is 4.09. The van der Waals surface area contributed by atoms with Crippen LogP contribution in [0, 0.1) is 18.3 Å². The van der Waals surface area contributed by atoms with Gasteiger partial charge in [-0.3, -0.25) is 0 Å². The summed E-state index contributed by atoms with van der Waals surface area (Å²) in [7, 11) is 1.59. The van der Waals surface area contributed by atoms with Gasteiger partial charge in [-0.05, 0) is 30.7 Å². The van der Waals surface area contributed by atoms with Gasteiger partial charge in [0.25, 0.3) is 0 Å². The van der Waals surface area contributed by atoms with E-state index in [2.05, 4.69) is 5.32 Å². The molecule has 0 spiro atoms. The monoisotopic (exact) mass is 261 g/mol. The van der Waals surface area contributed by atoms with Gasteiger partial charge in [-0.1, -0.05) is 0 Å². The van der Waals surface area contributed by atoms with Crippen molar-refractivity contribution in [3.8, 4) is 6.07 Å². The molecule has 0 unspecified atom stereocenters. The van der Waals surface area contributed by atoms with E-state index in [-0.39, 0.29) is 18.0 Å². The zero-order valence-corrected chi connectivity index (χ0v) is 10.8. The van der Waals surface area contributed by atoms with E-state index in [1.807, 2.05) is 6.07 Å². The number of aryl methyl sites for hydroxylation is 1. The van der Waals surface area contributed by atoms with Gasteiger partial charge in [0.1, 0.15) is 0 Å². The van der Waals surface area contributed by atoms with E-state index in [0.29, 0.717) is 17.8 Å². The van der Waals surface area contributed by atoms with Gasteiger partial charge >= 0.3 is 12.0 Å². The molecule has 0 aliphatic rings. The summed E-state index contributed by atoms with van der Waals surface area (Å²) in [6.45, 7) is 2.01. The van der Waals surface area contributed by atoms with Crippen LogP contribution < -0.4 is 5.32 Å². The summed E-state index contributed by atoms with van der Waals surface area (Å²) in [5.74, 6) is -0.999. The highest BCUT2D eigenvalue weighted by Crippen LogP contribution is 2.15. The minimum Gasteiger partial charge on any atom is -0.478 e. The average Bonchev–Trinajstić information content (AvgIpc) is 2.35. The number of urea groups is 1. The Kier molecular flexibility index (Phi) is 4.89. The molecule has 0 atom stereocenters. The maximum absolute atomic E-state index is 11.7. The second kappa shape index (κ2) is 6.40. The molecule has 6 heteroatoms. The molecule has 0 saturated carbocycles. The van der Waals surface area contributed by atoms with E-state index in [0.717, 1.165) is 0 Å². The summed E-state index contributed by atoms with van der Waals surface area (Å²) in [5, 5.41) is 20.0. The zero-order valence-electron chi connectivity index (χ0n) is 10.8. The van der Waals surface area contributed by atoms with Crippen LogP contribution >= 0.6 is 0 Å². The number of amides is 2. The van der Waals surface area contributed by atoms with E-state index < -0.39 is 5.97 Å². The molecule has 19 heavy (non-hydrogen) atoms. The lowest BCUT2D eigenvalue weighted by molar-refractivity contribution is 0.0696. The predicted octanol–water partition coefficient (Wildman–Crippen LogP) is 2.07. The fourth-order valence-corrected chi connectivity index (χ4v) is 1.52. The van der Waals surface area contributed by atoms with Gasteiger partial charge in [0.05, 0.1) is 18.1 Å². The smallest absolute Gasteiger partial charge is 0.335 e. The van der Waals surface area contributed by atoms with Crippen molar-refractivity contribution in [1.82, 2.24) is 4.90 Å². The number of carboxylic acids is 1. The summed E-state index contributed by atoms with van der Waals surface area (Å²) in [4.78, 5) is 24.0. The maximum atomic E-state index is 11.7. The number of rotatable bonds is 4. The van der Waals surface area contributed by atoms with E-state index in [9.17, 15) is 9.59 Å². The second-order valence-electron chi connectivity index (χ2n) is 4.09. The normalized spacial score (nSPS) is 9.53. The number of carbonyl (C=O) groups excluding carboxylic acids is 1. The molecular formula is C13H15N3O3. The van der Waals surface area contributed by atoms with Crippen molar-refractivity contribution in [2.75, 3.05) is 18.9 Å². The molecule has 2 amide bonds. The number of nitrogens with zero attached hydrogens (tertiary/aromatic N) is 2. The molecule has 100 valence electrons. The van der Waals surface area contributed by atoms with Gasteiger partial charge in [0.2, 0.25) is 0 Å². The van der Waals surface area contributed by atoms with Crippen molar-refractivity contribution < 1.29 is 14.7 Å². The Bertz CT molecular complexity index is 534. The SMILES string of the molecule is Cc1cc(NC(=O)N(C)CCC#N)ccc1C(=O)O. The molecule has 0 aliphatic heterocycles. The van der Waals surface area contributed by atoms with Gasteiger partial charge in [-0.15, -0.1) is 0 Å². The van der Waals surface area contributed by atoms with Crippen molar-refractivity contribution >= 4 is 17.7 Å². The van der Waals surface area contributed by atoms with Gasteiger partial charge in [0.15, 0.2) is 0 Å². The van der Waals surface area contributed by atoms with Gasteiger partial charge in [0, 0.05) is 19.3 Å². The summed E-state index contributed by atoms with van der Waals surface area (Å²) in [6, 6.07) is 6.20. The average molecular weight is 261 g/mol. The number of hydrogen-bond acceptors (Lipinski definition) is 3. The van der Waals surface area contributed by atoms with Crippen LogP contribution in [0.5, 0.6) is 0 Å². The molecule has 1 rings (SSSR count). The van der Waals surface area contributed by atoms with E-state index >= 15 is 0 Å². The third-order valence-electron chi connectivity index (χ3n) is 2.61. The number of anilines is 1. The van der Waals surface area contributed by atoms with Crippen molar-refractivity contribution in [1.29, 1.82) is 5.26 Å². The van der Waals surface area contributed by atoms with Gasteiger partial charge < -0.3 is 15.3 Å². The fourth-order valence-electron chi connectivity index (χ4n) is 1.52. The third kappa shape index (κ3) is 4.00. The molecule has 0 fully saturated rings. The van der Waals surface area contributed by atoms with Crippen molar-refractivity contribution in [3.05, 3.63) is 29.3 Å². The molecule has 0 heterocycles. The first kappa shape index (κ1) is 14.5. The van der Waals surface area contributed by atoms with Crippen LogP contribution in [0.4, 0.5) is 10.5 Å². The van der Waals surface area contributed by atoms with E-state index in [1.165, 1.54) is 17.0 Å².